The molecule has 142 valence electrons. The lowest BCUT2D eigenvalue weighted by Crippen LogP contribution is -2.48. The van der Waals surface area contributed by atoms with Gasteiger partial charge in [0.05, 0.1) is 16.5 Å². The molecule has 2 aliphatic heterocycles. The van der Waals surface area contributed by atoms with Crippen molar-refractivity contribution in [1.29, 1.82) is 0 Å². The van der Waals surface area contributed by atoms with Gasteiger partial charge in [-0.2, -0.15) is 0 Å². The molecule has 1 amide bonds. The Hall–Kier alpha value is -2.61. The van der Waals surface area contributed by atoms with E-state index in [4.69, 9.17) is 0 Å². The summed E-state index contributed by atoms with van der Waals surface area (Å²) >= 11 is 0. The van der Waals surface area contributed by atoms with Crippen LogP contribution >= 0.6 is 0 Å². The van der Waals surface area contributed by atoms with Crippen molar-refractivity contribution in [3.05, 3.63) is 36.4 Å². The van der Waals surface area contributed by atoms with Gasteiger partial charge in [-0.05, 0) is 29.9 Å². The van der Waals surface area contributed by atoms with E-state index in [1.54, 1.807) is 36.1 Å². The van der Waals surface area contributed by atoms with E-state index < -0.39 is 21.9 Å². The Morgan fingerprint density at radius 1 is 1.19 bits per heavy atom. The topological polar surface area (TPSA) is 95.0 Å². The predicted molar refractivity (Wildman–Crippen MR) is 100.0 cm³/mol. The van der Waals surface area contributed by atoms with E-state index in [2.05, 4.69) is 0 Å². The number of likely N-dealkylation sites (tertiary alicyclic amines) is 1. The van der Waals surface area contributed by atoms with Crippen LogP contribution in [-0.4, -0.2) is 49.9 Å². The largest absolute Gasteiger partial charge is 0.481 e. The second-order valence-corrected chi connectivity index (χ2v) is 9.02. The van der Waals surface area contributed by atoms with Crippen LogP contribution in [0.4, 0.5) is 5.69 Å². The van der Waals surface area contributed by atoms with E-state index in [0.717, 1.165) is 5.39 Å². The number of carboxylic acid groups (broad SMARTS) is 1. The number of rotatable bonds is 3. The molecular weight excluding hydrogens is 368 g/mol. The van der Waals surface area contributed by atoms with Crippen LogP contribution < -0.4 is 4.31 Å². The van der Waals surface area contributed by atoms with Gasteiger partial charge in [-0.15, -0.1) is 0 Å². The van der Waals surface area contributed by atoms with Crippen LogP contribution in [0.15, 0.2) is 41.3 Å². The zero-order valence-corrected chi connectivity index (χ0v) is 15.6. The first-order valence-electron chi connectivity index (χ1n) is 8.86. The molecule has 4 rings (SSSR count). The monoisotopic (exact) mass is 388 g/mol. The molecule has 2 aliphatic rings. The molecule has 2 aromatic rings. The molecular formula is C19H20N2O5S. The quantitative estimate of drug-likeness (QED) is 0.867. The summed E-state index contributed by atoms with van der Waals surface area (Å²) in [5.41, 5.74) is 0.518. The van der Waals surface area contributed by atoms with Gasteiger partial charge in [0.25, 0.3) is 10.0 Å². The second-order valence-electron chi connectivity index (χ2n) is 7.19. The number of benzene rings is 2. The van der Waals surface area contributed by atoms with Crippen LogP contribution in [-0.2, 0) is 19.6 Å². The Morgan fingerprint density at radius 2 is 1.89 bits per heavy atom. The lowest BCUT2D eigenvalue weighted by molar-refractivity contribution is -0.148. The van der Waals surface area contributed by atoms with Crippen molar-refractivity contribution in [2.75, 3.05) is 23.9 Å². The van der Waals surface area contributed by atoms with Gasteiger partial charge in [0.1, 0.15) is 6.54 Å². The maximum absolute atomic E-state index is 13.0. The van der Waals surface area contributed by atoms with Gasteiger partial charge in [0.15, 0.2) is 0 Å². The molecule has 27 heavy (non-hydrogen) atoms. The highest BCUT2D eigenvalue weighted by molar-refractivity contribution is 7.93. The highest BCUT2D eigenvalue weighted by Crippen LogP contribution is 2.41. The number of nitrogens with zero attached hydrogens (tertiary/aromatic N) is 2. The van der Waals surface area contributed by atoms with Crippen molar-refractivity contribution in [3.8, 4) is 0 Å². The average molecular weight is 388 g/mol. The Morgan fingerprint density at radius 3 is 2.56 bits per heavy atom. The fourth-order valence-electron chi connectivity index (χ4n) is 4.09. The number of anilines is 1. The van der Waals surface area contributed by atoms with E-state index in [0.29, 0.717) is 30.6 Å². The van der Waals surface area contributed by atoms with Crippen LogP contribution in [0.2, 0.25) is 0 Å². The van der Waals surface area contributed by atoms with Crippen LogP contribution in [0.25, 0.3) is 10.8 Å². The third-order valence-corrected chi connectivity index (χ3v) is 7.34. The number of aliphatic carboxylic acids is 1. The van der Waals surface area contributed by atoms with Crippen molar-refractivity contribution >= 4 is 38.4 Å². The molecule has 1 fully saturated rings. The van der Waals surface area contributed by atoms with Gasteiger partial charge in [-0.1, -0.05) is 31.2 Å². The Bertz CT molecular complexity index is 1040. The molecule has 2 unspecified atom stereocenters. The third kappa shape index (κ3) is 2.75. The SMILES string of the molecule is CC1CN(C(=O)CN2c3cccc4cccc(c34)S2(=O)=O)CCC1C(=O)O. The Labute approximate surface area is 157 Å². The summed E-state index contributed by atoms with van der Waals surface area (Å²) in [5, 5.41) is 10.7. The van der Waals surface area contributed by atoms with Gasteiger partial charge < -0.3 is 10.0 Å². The first kappa shape index (κ1) is 17.8. The number of carboxylic acids is 1. The van der Waals surface area contributed by atoms with Crippen molar-refractivity contribution < 1.29 is 23.1 Å². The van der Waals surface area contributed by atoms with Gasteiger partial charge in [-0.3, -0.25) is 13.9 Å². The molecule has 0 radical (unpaired) electrons. The van der Waals surface area contributed by atoms with Gasteiger partial charge in [-0.25, -0.2) is 8.42 Å². The average Bonchev–Trinajstić information content (AvgIpc) is 2.85. The Kier molecular flexibility index (Phi) is 4.10. The van der Waals surface area contributed by atoms with E-state index in [1.165, 1.54) is 4.31 Å². The minimum absolute atomic E-state index is 0.170. The van der Waals surface area contributed by atoms with E-state index in [-0.39, 0.29) is 23.3 Å². The standard InChI is InChI=1S/C19H20N2O5S/c1-12-10-20(9-8-14(12)19(23)24)17(22)11-21-15-6-2-4-13-5-3-7-16(18(13)15)27(21,25)26/h2-7,12,14H,8-11H2,1H3,(H,23,24). The first-order valence-corrected chi connectivity index (χ1v) is 10.3. The lowest BCUT2D eigenvalue weighted by Gasteiger charge is -2.35. The summed E-state index contributed by atoms with van der Waals surface area (Å²) in [7, 11) is -3.78. The minimum Gasteiger partial charge on any atom is -0.481 e. The zero-order valence-electron chi connectivity index (χ0n) is 14.8. The van der Waals surface area contributed by atoms with E-state index >= 15 is 0 Å². The summed E-state index contributed by atoms with van der Waals surface area (Å²) in [6.45, 7) is 2.17. The molecule has 1 saturated heterocycles. The van der Waals surface area contributed by atoms with Crippen LogP contribution in [0.5, 0.6) is 0 Å². The maximum atomic E-state index is 13.0. The van der Waals surface area contributed by atoms with Crippen LogP contribution in [0.3, 0.4) is 0 Å². The Balaban J connectivity index is 1.60. The number of carbonyl (C=O) groups excluding carboxylic acids is 1. The molecule has 0 spiro atoms. The minimum atomic E-state index is -3.78. The molecule has 7 nitrogen and oxygen atoms in total. The first-order chi connectivity index (χ1) is 12.8. The highest BCUT2D eigenvalue weighted by Gasteiger charge is 2.39. The van der Waals surface area contributed by atoms with Crippen LogP contribution in [0, 0.1) is 11.8 Å². The third-order valence-electron chi connectivity index (χ3n) is 5.54. The predicted octanol–water partition coefficient (Wildman–Crippen LogP) is 1.92. The molecule has 0 saturated carbocycles. The van der Waals surface area contributed by atoms with Crippen molar-refractivity contribution in [2.45, 2.75) is 18.2 Å². The molecule has 0 aliphatic carbocycles. The maximum Gasteiger partial charge on any atom is 0.306 e. The molecule has 0 aromatic heterocycles. The smallest absolute Gasteiger partial charge is 0.306 e. The van der Waals surface area contributed by atoms with Crippen LogP contribution in [0.1, 0.15) is 13.3 Å². The van der Waals surface area contributed by atoms with Crippen molar-refractivity contribution in [3.63, 3.8) is 0 Å². The molecule has 0 bridgehead atoms. The number of hydrogen-bond acceptors (Lipinski definition) is 4. The number of sulfonamides is 1. The fourth-order valence-corrected chi connectivity index (χ4v) is 5.75. The lowest BCUT2D eigenvalue weighted by atomic mass is 9.87. The second kappa shape index (κ2) is 6.23. The van der Waals surface area contributed by atoms with Gasteiger partial charge in [0.2, 0.25) is 5.91 Å². The number of piperidine rings is 1. The van der Waals surface area contributed by atoms with Crippen molar-refractivity contribution in [2.24, 2.45) is 11.8 Å². The zero-order chi connectivity index (χ0) is 19.3. The van der Waals surface area contributed by atoms with E-state index in [1.807, 2.05) is 12.1 Å². The fraction of sp³-hybridized carbons (Fsp3) is 0.368. The van der Waals surface area contributed by atoms with Crippen molar-refractivity contribution in [1.82, 2.24) is 4.90 Å². The molecule has 2 atom stereocenters. The molecule has 2 aromatic carbocycles. The summed E-state index contributed by atoms with van der Waals surface area (Å²) in [5.74, 6) is -1.79. The number of hydrogen-bond donors (Lipinski definition) is 1. The normalized spacial score (nSPS) is 23.6. The molecule has 8 heteroatoms. The summed E-state index contributed by atoms with van der Waals surface area (Å²) < 4.78 is 27.1. The summed E-state index contributed by atoms with van der Waals surface area (Å²) in [4.78, 5) is 25.8. The highest BCUT2D eigenvalue weighted by atomic mass is 32.2. The molecule has 2 heterocycles. The number of amides is 1. The summed E-state index contributed by atoms with van der Waals surface area (Å²) in [6, 6.07) is 10.4. The number of carbonyl (C=O) groups is 2. The van der Waals surface area contributed by atoms with E-state index in [9.17, 15) is 23.1 Å². The van der Waals surface area contributed by atoms with Gasteiger partial charge in [0, 0.05) is 18.5 Å². The van der Waals surface area contributed by atoms with Gasteiger partial charge >= 0.3 is 5.97 Å². The molecule has 1 N–H and O–H groups in total. The summed E-state index contributed by atoms with van der Waals surface area (Å²) in [6.07, 6.45) is 0.380.